The number of furan rings is 1. The zero-order valence-electron chi connectivity index (χ0n) is 24.7. The fourth-order valence-corrected chi connectivity index (χ4v) is 4.83. The van der Waals surface area contributed by atoms with Crippen molar-refractivity contribution < 1.29 is 19.4 Å². The fourth-order valence-electron chi connectivity index (χ4n) is 4.36. The van der Waals surface area contributed by atoms with E-state index in [1.165, 1.54) is 25.4 Å². The van der Waals surface area contributed by atoms with E-state index in [1.807, 2.05) is 12.1 Å². The Morgan fingerprint density at radius 1 is 1.13 bits per heavy atom. The van der Waals surface area contributed by atoms with Gasteiger partial charge in [0.15, 0.2) is 0 Å². The Bertz CT molecular complexity index is 1670. The predicted octanol–water partition coefficient (Wildman–Crippen LogP) is 6.18. The second kappa shape index (κ2) is 11.1. The molecule has 2 aromatic carbocycles. The number of fused-ring (bicyclic) bond motifs is 1. The summed E-state index contributed by atoms with van der Waals surface area (Å²) in [6, 6.07) is 10.2. The maximum atomic E-state index is 9.86. The zero-order valence-corrected chi connectivity index (χ0v) is 22.2. The molecule has 0 saturated carbocycles. The molecule has 2 aromatic heterocycles. The van der Waals surface area contributed by atoms with Crippen molar-refractivity contribution >= 4 is 45.5 Å². The van der Waals surface area contributed by atoms with Crippen LogP contribution in [0.5, 0.6) is 11.5 Å². The molecule has 4 aromatic rings. The van der Waals surface area contributed by atoms with Crippen molar-refractivity contribution in [2.75, 3.05) is 52.7 Å². The van der Waals surface area contributed by atoms with Gasteiger partial charge in [0, 0.05) is 55.0 Å². The summed E-state index contributed by atoms with van der Waals surface area (Å²) in [7, 11) is 0.877. The minimum atomic E-state index is -2.73. The molecule has 1 N–H and O–H groups in total. The van der Waals surface area contributed by atoms with Gasteiger partial charge in [-0.3, -0.25) is 9.88 Å². The molecule has 38 heavy (non-hydrogen) atoms. The lowest BCUT2D eigenvalue weighted by atomic mass is 10.0. The standard InChI is InChI=1S/C28H27Cl2N5O3/c1-34-4-6-35(7-5-34)15-19-8-17(16-38-19)20-9-24-21(10-26(20)36-2)28(18(13-31)14-32-24)33-25-12-27(37-3)23(30)11-22(25)29/h8-12,14,16H,4-7,15H2,1-3H3,(H,32,33)/i3D3,15D. The van der Waals surface area contributed by atoms with Crippen LogP contribution in [0.2, 0.25) is 10.0 Å². The summed E-state index contributed by atoms with van der Waals surface area (Å²) in [6.07, 6.45) is 3.03. The lowest BCUT2D eigenvalue weighted by Crippen LogP contribution is -2.43. The van der Waals surface area contributed by atoms with Crippen LogP contribution in [0.25, 0.3) is 22.0 Å². The first-order valence-electron chi connectivity index (χ1n) is 13.8. The number of nitriles is 1. The van der Waals surface area contributed by atoms with Crippen LogP contribution in [-0.4, -0.2) is 62.2 Å². The van der Waals surface area contributed by atoms with Crippen molar-refractivity contribution in [3.8, 4) is 28.7 Å². The molecule has 0 bridgehead atoms. The van der Waals surface area contributed by atoms with Gasteiger partial charge in [-0.15, -0.1) is 0 Å². The quantitative estimate of drug-likeness (QED) is 0.289. The molecule has 0 spiro atoms. The van der Waals surface area contributed by atoms with Crippen molar-refractivity contribution in [3.05, 3.63) is 64.2 Å². The second-order valence-corrected chi connectivity index (χ2v) is 9.74. The summed E-state index contributed by atoms with van der Waals surface area (Å²) in [6.45, 7) is 2.71. The maximum absolute atomic E-state index is 9.86. The smallest absolute Gasteiger partial charge is 0.139 e. The van der Waals surface area contributed by atoms with Crippen LogP contribution in [0.15, 0.2) is 47.2 Å². The first-order chi connectivity index (χ1) is 20.0. The number of halogens is 2. The average Bonchev–Trinajstić information content (AvgIpc) is 3.44. The van der Waals surface area contributed by atoms with Crippen LogP contribution in [0.4, 0.5) is 11.4 Å². The highest BCUT2D eigenvalue weighted by molar-refractivity contribution is 6.37. The van der Waals surface area contributed by atoms with Crippen molar-refractivity contribution in [3.63, 3.8) is 0 Å². The molecule has 0 radical (unpaired) electrons. The highest BCUT2D eigenvalue weighted by atomic mass is 35.5. The molecule has 1 unspecified atom stereocenters. The van der Waals surface area contributed by atoms with Crippen molar-refractivity contribution in [2.24, 2.45) is 0 Å². The van der Waals surface area contributed by atoms with Gasteiger partial charge in [0.1, 0.15) is 23.3 Å². The number of piperazine rings is 1. The Hall–Kier alpha value is -3.48. The Morgan fingerprint density at radius 2 is 1.95 bits per heavy atom. The molecule has 10 heteroatoms. The molecule has 8 nitrogen and oxygen atoms in total. The lowest BCUT2D eigenvalue weighted by Gasteiger charge is -2.31. The maximum Gasteiger partial charge on any atom is 0.139 e. The van der Waals surface area contributed by atoms with Gasteiger partial charge in [-0.1, -0.05) is 23.2 Å². The monoisotopic (exact) mass is 555 g/mol. The van der Waals surface area contributed by atoms with E-state index < -0.39 is 13.6 Å². The van der Waals surface area contributed by atoms with Crippen molar-refractivity contribution in [2.45, 2.75) is 6.52 Å². The third kappa shape index (κ3) is 5.24. The summed E-state index contributed by atoms with van der Waals surface area (Å²) in [5, 5.41) is 13.8. The first kappa shape index (κ1) is 21.5. The number of hydrogen-bond acceptors (Lipinski definition) is 8. The molecule has 196 valence electrons. The number of ether oxygens (including phenoxy) is 2. The number of methoxy groups -OCH3 is 2. The second-order valence-electron chi connectivity index (χ2n) is 8.92. The largest absolute Gasteiger partial charge is 0.496 e. The summed E-state index contributed by atoms with van der Waals surface area (Å²) in [5.74, 6) is 0.921. The predicted molar refractivity (Wildman–Crippen MR) is 150 cm³/mol. The van der Waals surface area contributed by atoms with Gasteiger partial charge in [0.25, 0.3) is 0 Å². The zero-order chi connectivity index (χ0) is 30.2. The van der Waals surface area contributed by atoms with E-state index in [1.54, 1.807) is 12.3 Å². The Labute approximate surface area is 236 Å². The average molecular weight is 556 g/mol. The number of nitrogens with zero attached hydrogens (tertiary/aromatic N) is 4. The summed E-state index contributed by atoms with van der Waals surface area (Å²) >= 11 is 12.6. The molecule has 1 aliphatic rings. The van der Waals surface area contributed by atoms with E-state index in [4.69, 9.17) is 42.6 Å². The van der Waals surface area contributed by atoms with Gasteiger partial charge in [0.05, 0.1) is 64.9 Å². The van der Waals surface area contributed by atoms with Gasteiger partial charge in [-0.2, -0.15) is 5.26 Å². The van der Waals surface area contributed by atoms with Gasteiger partial charge in [-0.05, 0) is 31.3 Å². The van der Waals surface area contributed by atoms with E-state index in [-0.39, 0.29) is 27.0 Å². The van der Waals surface area contributed by atoms with Crippen molar-refractivity contribution in [1.29, 1.82) is 5.26 Å². The Balaban J connectivity index is 1.53. The number of anilines is 2. The number of pyridine rings is 1. The van der Waals surface area contributed by atoms with Crippen LogP contribution >= 0.6 is 23.2 Å². The molecule has 1 atom stereocenters. The summed E-state index contributed by atoms with van der Waals surface area (Å²) in [5.41, 5.74) is 2.84. The third-order valence-electron chi connectivity index (χ3n) is 6.48. The Morgan fingerprint density at radius 3 is 2.68 bits per heavy atom. The number of hydrogen-bond donors (Lipinski definition) is 1. The number of likely N-dealkylation sites (N-methyl/N-ethyl adjacent to an activating group) is 1. The minimum absolute atomic E-state index is 0.0232. The van der Waals surface area contributed by atoms with Crippen LogP contribution in [-0.2, 0) is 6.52 Å². The fraction of sp³-hybridized carbons (Fsp3) is 0.286. The number of rotatable bonds is 7. The van der Waals surface area contributed by atoms with Gasteiger partial charge < -0.3 is 24.1 Å². The molecule has 3 heterocycles. The SMILES string of the molecule is [2H]C(c1cc(-c2cc3ncc(C#N)c(Nc4cc(OC([2H])([2H])[2H])c(Cl)cc4Cl)c3cc2OC)co1)N1CCN(C)CC1. The van der Waals surface area contributed by atoms with Gasteiger partial charge in [0.2, 0.25) is 0 Å². The van der Waals surface area contributed by atoms with Gasteiger partial charge >= 0.3 is 0 Å². The highest BCUT2D eigenvalue weighted by Gasteiger charge is 2.19. The van der Waals surface area contributed by atoms with Crippen molar-refractivity contribution in [1.82, 2.24) is 14.8 Å². The number of benzene rings is 2. The summed E-state index contributed by atoms with van der Waals surface area (Å²) in [4.78, 5) is 8.79. The van der Waals surface area contributed by atoms with Crippen LogP contribution in [0.3, 0.4) is 0 Å². The molecule has 0 aliphatic carbocycles. The molecule has 1 aliphatic heterocycles. The lowest BCUT2D eigenvalue weighted by molar-refractivity contribution is 0.140. The van der Waals surface area contributed by atoms with E-state index in [2.05, 4.69) is 33.2 Å². The Kier molecular flexibility index (Phi) is 6.26. The number of nitrogens with one attached hydrogen (secondary N) is 1. The normalized spacial score (nSPS) is 17.1. The molecular formula is C28H27Cl2N5O3. The summed E-state index contributed by atoms with van der Waals surface area (Å²) < 4.78 is 47.5. The molecule has 1 saturated heterocycles. The van der Waals surface area contributed by atoms with E-state index in [0.717, 1.165) is 31.7 Å². The minimum Gasteiger partial charge on any atom is -0.496 e. The van der Waals surface area contributed by atoms with Crippen LogP contribution < -0.4 is 14.8 Å². The third-order valence-corrected chi connectivity index (χ3v) is 7.09. The molecular weight excluding hydrogens is 525 g/mol. The van der Waals surface area contributed by atoms with Crippen LogP contribution in [0, 0.1) is 11.3 Å². The van der Waals surface area contributed by atoms with Gasteiger partial charge in [-0.25, -0.2) is 0 Å². The van der Waals surface area contributed by atoms with E-state index in [0.29, 0.717) is 33.7 Å². The molecule has 5 rings (SSSR count). The highest BCUT2D eigenvalue weighted by Crippen LogP contribution is 2.41. The number of aromatic nitrogens is 1. The van der Waals surface area contributed by atoms with Crippen LogP contribution in [0.1, 0.15) is 16.8 Å². The first-order valence-corrected chi connectivity index (χ1v) is 12.5. The molecule has 1 fully saturated rings. The van der Waals surface area contributed by atoms with E-state index >= 15 is 0 Å². The molecule has 0 amide bonds. The van der Waals surface area contributed by atoms with E-state index in [9.17, 15) is 5.26 Å². The topological polar surface area (TPSA) is 86.8 Å².